The molecule has 0 N–H and O–H groups in total. The van der Waals surface area contributed by atoms with Crippen LogP contribution in [0.4, 0.5) is 0 Å². The average Bonchev–Trinajstić information content (AvgIpc) is 3.05. The van der Waals surface area contributed by atoms with Crippen molar-refractivity contribution in [3.05, 3.63) is 141 Å². The number of benzene rings is 3. The fourth-order valence-electron chi connectivity index (χ4n) is 4.84. The van der Waals surface area contributed by atoms with E-state index < -0.39 is 30.7 Å². The lowest BCUT2D eigenvalue weighted by atomic mass is 9.97. The van der Waals surface area contributed by atoms with E-state index in [0.717, 1.165) is 26.7 Å². The predicted octanol–water partition coefficient (Wildman–Crippen LogP) is 7.35. The van der Waals surface area contributed by atoms with E-state index in [9.17, 15) is 0 Å². The van der Waals surface area contributed by atoms with Crippen molar-refractivity contribution < 1.29 is 28.4 Å². The molecule has 4 aromatic rings. The van der Waals surface area contributed by atoms with E-state index >= 15 is 0 Å². The molecule has 1 aliphatic rings. The molecule has 1 heterocycles. The summed E-state index contributed by atoms with van der Waals surface area (Å²) in [5, 5.41) is 0.666. The molecule has 0 amide bonds. The van der Waals surface area contributed by atoms with Crippen LogP contribution < -0.4 is 0 Å². The van der Waals surface area contributed by atoms with E-state index in [1.54, 1.807) is 7.11 Å². The third-order valence-electron chi connectivity index (χ3n) is 7.06. The van der Waals surface area contributed by atoms with Gasteiger partial charge in [-0.25, -0.2) is 0 Å². The SMILES string of the molecule is CO[C@@H]1OC(COCc2c#cc(Br)cc2)[C@@H](OCc2ccccc2)[C@H](OCc2ccccc2)C1OCc1ccc(Cl)cc1. The number of rotatable bonds is 14. The summed E-state index contributed by atoms with van der Waals surface area (Å²) in [6.07, 6.45) is -2.85. The highest BCUT2D eigenvalue weighted by atomic mass is 79.9. The first-order valence-electron chi connectivity index (χ1n) is 14.1. The van der Waals surface area contributed by atoms with Crippen LogP contribution in [0.3, 0.4) is 0 Å². The largest absolute Gasteiger partial charge is 0.373 e. The molecule has 4 aromatic carbocycles. The molecule has 5 rings (SSSR count). The molecule has 0 bridgehead atoms. The Labute approximate surface area is 266 Å². The van der Waals surface area contributed by atoms with Crippen LogP contribution in [0.2, 0.25) is 5.02 Å². The molecular weight excluding hydrogens is 632 g/mol. The van der Waals surface area contributed by atoms with Gasteiger partial charge in [0.25, 0.3) is 0 Å². The van der Waals surface area contributed by atoms with E-state index in [0.29, 0.717) is 31.5 Å². The highest BCUT2D eigenvalue weighted by Crippen LogP contribution is 2.31. The van der Waals surface area contributed by atoms with Gasteiger partial charge < -0.3 is 28.4 Å². The first-order chi connectivity index (χ1) is 21.1. The molecule has 1 fully saturated rings. The summed E-state index contributed by atoms with van der Waals surface area (Å²) in [7, 11) is 1.60. The molecular formula is C35H34BrClO6. The Bertz CT molecular complexity index is 1360. The van der Waals surface area contributed by atoms with Gasteiger partial charge in [0.1, 0.15) is 24.4 Å². The number of methoxy groups -OCH3 is 1. The van der Waals surface area contributed by atoms with Gasteiger partial charge in [0, 0.05) is 17.7 Å². The lowest BCUT2D eigenvalue weighted by molar-refractivity contribution is -0.323. The Kier molecular flexibility index (Phi) is 12.0. The van der Waals surface area contributed by atoms with Crippen molar-refractivity contribution in [2.45, 2.75) is 57.1 Å². The fraction of sp³-hybridized carbons (Fsp3) is 0.314. The van der Waals surface area contributed by atoms with Crippen LogP contribution in [0.25, 0.3) is 0 Å². The number of ether oxygens (including phenoxy) is 6. The Hall–Kier alpha value is -2.77. The standard InChI is InChI=1S/C35H34BrClO6/c1-38-35-34(42-23-28-14-18-30(37)19-15-28)33(41-22-26-10-6-3-7-11-26)32(40-21-25-8-4-2-5-9-25)31(43-35)24-39-20-27-12-16-29(36)17-13-27/h2-12,14-16,18-19,31-35H,20-24H2,1H3/t31?,32-,33+,34?,35-/m1/s1. The summed E-state index contributed by atoms with van der Waals surface area (Å²) in [6, 6.07) is 37.6. The van der Waals surface area contributed by atoms with Crippen LogP contribution in [0.5, 0.6) is 0 Å². The first-order valence-corrected chi connectivity index (χ1v) is 15.3. The van der Waals surface area contributed by atoms with Crippen molar-refractivity contribution in [1.82, 2.24) is 0 Å². The summed E-state index contributed by atoms with van der Waals surface area (Å²) >= 11 is 9.50. The van der Waals surface area contributed by atoms with E-state index in [2.05, 4.69) is 28.1 Å². The highest BCUT2D eigenvalue weighted by molar-refractivity contribution is 9.10. The number of hydrogen-bond donors (Lipinski definition) is 0. The maximum atomic E-state index is 6.63. The quantitative estimate of drug-likeness (QED) is 0.141. The lowest BCUT2D eigenvalue weighted by Crippen LogP contribution is -2.61. The zero-order valence-electron chi connectivity index (χ0n) is 23.9. The molecule has 1 saturated heterocycles. The lowest BCUT2D eigenvalue weighted by Gasteiger charge is -2.45. The van der Waals surface area contributed by atoms with E-state index in [-0.39, 0.29) is 6.61 Å². The van der Waals surface area contributed by atoms with Crippen LogP contribution in [-0.4, -0.2) is 44.4 Å². The van der Waals surface area contributed by atoms with E-state index in [1.807, 2.05) is 97.1 Å². The predicted molar refractivity (Wildman–Crippen MR) is 167 cm³/mol. The van der Waals surface area contributed by atoms with Gasteiger partial charge in [-0.1, -0.05) is 96.5 Å². The van der Waals surface area contributed by atoms with Crippen LogP contribution in [-0.2, 0) is 54.8 Å². The summed E-state index contributed by atoms with van der Waals surface area (Å²) in [4.78, 5) is 0. The van der Waals surface area contributed by atoms with Gasteiger partial charge in [-0.05, 0) is 56.9 Å². The molecule has 1 aliphatic heterocycles. The minimum atomic E-state index is -0.717. The molecule has 2 unspecified atom stereocenters. The fourth-order valence-corrected chi connectivity index (χ4v) is 5.20. The second-order valence-electron chi connectivity index (χ2n) is 10.2. The van der Waals surface area contributed by atoms with Gasteiger partial charge in [-0.15, -0.1) is 0 Å². The van der Waals surface area contributed by atoms with E-state index in [1.165, 1.54) is 0 Å². The molecule has 8 heteroatoms. The molecule has 6 nitrogen and oxygen atoms in total. The molecule has 0 spiro atoms. The summed E-state index contributed by atoms with van der Waals surface area (Å²) in [5.74, 6) is 0. The topological polar surface area (TPSA) is 55.4 Å². The molecule has 224 valence electrons. The van der Waals surface area contributed by atoms with Crippen LogP contribution in [0.15, 0.2) is 102 Å². The smallest absolute Gasteiger partial charge is 0.186 e. The van der Waals surface area contributed by atoms with Crippen LogP contribution in [0, 0.1) is 12.1 Å². The van der Waals surface area contributed by atoms with Crippen LogP contribution in [0.1, 0.15) is 22.3 Å². The van der Waals surface area contributed by atoms with Crippen molar-refractivity contribution in [3.8, 4) is 0 Å². The number of halogens is 2. The Balaban J connectivity index is 1.38. The third kappa shape index (κ3) is 9.36. The second-order valence-corrected chi connectivity index (χ2v) is 11.5. The minimum Gasteiger partial charge on any atom is -0.373 e. The second kappa shape index (κ2) is 16.3. The zero-order valence-corrected chi connectivity index (χ0v) is 26.2. The van der Waals surface area contributed by atoms with Gasteiger partial charge >= 0.3 is 0 Å². The summed E-state index contributed by atoms with van der Waals surface area (Å²) < 4.78 is 39.0. The van der Waals surface area contributed by atoms with Crippen molar-refractivity contribution in [1.29, 1.82) is 0 Å². The van der Waals surface area contributed by atoms with Crippen LogP contribution >= 0.6 is 27.5 Å². The van der Waals surface area contributed by atoms with Crippen molar-refractivity contribution in [3.63, 3.8) is 0 Å². The van der Waals surface area contributed by atoms with Gasteiger partial charge in [-0.3, -0.25) is 0 Å². The van der Waals surface area contributed by atoms with Gasteiger partial charge in [0.2, 0.25) is 0 Å². The molecule has 0 aliphatic carbocycles. The van der Waals surface area contributed by atoms with Gasteiger partial charge in [-0.2, -0.15) is 0 Å². The highest BCUT2D eigenvalue weighted by Gasteiger charge is 2.48. The van der Waals surface area contributed by atoms with E-state index in [4.69, 9.17) is 40.0 Å². The molecule has 0 aromatic heterocycles. The van der Waals surface area contributed by atoms with Crippen molar-refractivity contribution in [2.75, 3.05) is 13.7 Å². The Morgan fingerprint density at radius 1 is 0.674 bits per heavy atom. The summed E-state index contributed by atoms with van der Waals surface area (Å²) in [5.41, 5.74) is 3.92. The van der Waals surface area contributed by atoms with Gasteiger partial charge in [0.15, 0.2) is 6.29 Å². The molecule has 0 radical (unpaired) electrons. The van der Waals surface area contributed by atoms with Crippen molar-refractivity contribution in [2.24, 2.45) is 0 Å². The Morgan fingerprint density at radius 2 is 1.26 bits per heavy atom. The third-order valence-corrected chi connectivity index (χ3v) is 7.78. The maximum Gasteiger partial charge on any atom is 0.186 e. The first kappa shape index (κ1) is 31.6. The normalized spacial score (nSPS) is 21.8. The Morgan fingerprint density at radius 3 is 1.84 bits per heavy atom. The summed E-state index contributed by atoms with van der Waals surface area (Å²) in [6.45, 7) is 1.65. The number of hydrogen-bond acceptors (Lipinski definition) is 6. The average molecular weight is 666 g/mol. The molecule has 5 atom stereocenters. The molecule has 43 heavy (non-hydrogen) atoms. The molecule has 0 saturated carbocycles. The maximum absolute atomic E-state index is 6.63. The van der Waals surface area contributed by atoms with Gasteiger partial charge in [0.05, 0.1) is 37.5 Å². The minimum absolute atomic E-state index is 0.248. The monoisotopic (exact) mass is 664 g/mol. The van der Waals surface area contributed by atoms with Crippen molar-refractivity contribution >= 4 is 27.5 Å². The zero-order chi connectivity index (χ0) is 29.9.